The molecular formula is C9H10N2S2. The van der Waals surface area contributed by atoms with Gasteiger partial charge in [-0.25, -0.2) is 9.97 Å². The zero-order valence-electron chi connectivity index (χ0n) is 7.79. The van der Waals surface area contributed by atoms with E-state index in [1.807, 2.05) is 13.2 Å². The molecule has 2 aromatic rings. The van der Waals surface area contributed by atoms with Crippen molar-refractivity contribution in [2.45, 2.75) is 19.0 Å². The summed E-state index contributed by atoms with van der Waals surface area (Å²) in [5.41, 5.74) is 1.08. The van der Waals surface area contributed by atoms with Gasteiger partial charge in [0.25, 0.3) is 0 Å². The van der Waals surface area contributed by atoms with Gasteiger partial charge >= 0.3 is 0 Å². The molecule has 0 spiro atoms. The molecule has 13 heavy (non-hydrogen) atoms. The average Bonchev–Trinajstić information content (AvgIpc) is 2.46. The number of hydrogen-bond donors (Lipinski definition) is 0. The predicted octanol–water partition coefficient (Wildman–Crippen LogP) is 3.03. The van der Waals surface area contributed by atoms with Gasteiger partial charge in [-0.3, -0.25) is 0 Å². The van der Waals surface area contributed by atoms with Crippen LogP contribution < -0.4 is 0 Å². The predicted molar refractivity (Wildman–Crippen MR) is 58.7 cm³/mol. The van der Waals surface area contributed by atoms with E-state index in [0.29, 0.717) is 0 Å². The molecule has 0 aromatic carbocycles. The van der Waals surface area contributed by atoms with Gasteiger partial charge in [0.05, 0.1) is 5.69 Å². The van der Waals surface area contributed by atoms with Gasteiger partial charge in [-0.05, 0) is 26.2 Å². The summed E-state index contributed by atoms with van der Waals surface area (Å²) in [6.45, 7) is 4.14. The molecule has 0 bridgehead atoms. The summed E-state index contributed by atoms with van der Waals surface area (Å²) < 4.78 is 0. The number of rotatable bonds is 1. The van der Waals surface area contributed by atoms with Gasteiger partial charge in [0, 0.05) is 10.3 Å². The summed E-state index contributed by atoms with van der Waals surface area (Å²) >= 11 is 3.32. The molecule has 0 aliphatic heterocycles. The van der Waals surface area contributed by atoms with Crippen molar-refractivity contribution in [1.82, 2.24) is 9.97 Å². The van der Waals surface area contributed by atoms with Crippen LogP contribution >= 0.6 is 23.1 Å². The fourth-order valence-electron chi connectivity index (χ4n) is 1.25. The minimum Gasteiger partial charge on any atom is -0.227 e. The summed E-state index contributed by atoms with van der Waals surface area (Å²) in [7, 11) is 0. The number of nitrogens with zero attached hydrogens (tertiary/aromatic N) is 2. The minimum atomic E-state index is 0.867. The smallest absolute Gasteiger partial charge is 0.188 e. The maximum absolute atomic E-state index is 4.45. The lowest BCUT2D eigenvalue weighted by molar-refractivity contribution is 0.978. The lowest BCUT2D eigenvalue weighted by Gasteiger charge is -1.97. The van der Waals surface area contributed by atoms with E-state index in [2.05, 4.69) is 23.0 Å². The second kappa shape index (κ2) is 3.27. The molecule has 0 fully saturated rings. The van der Waals surface area contributed by atoms with Crippen molar-refractivity contribution in [3.05, 3.63) is 16.6 Å². The van der Waals surface area contributed by atoms with Gasteiger partial charge < -0.3 is 0 Å². The highest BCUT2D eigenvalue weighted by atomic mass is 32.2. The molecule has 0 aliphatic rings. The van der Waals surface area contributed by atoms with E-state index in [4.69, 9.17) is 0 Å². The van der Waals surface area contributed by atoms with Crippen molar-refractivity contribution in [3.63, 3.8) is 0 Å². The van der Waals surface area contributed by atoms with Crippen molar-refractivity contribution in [1.29, 1.82) is 0 Å². The van der Waals surface area contributed by atoms with E-state index in [1.54, 1.807) is 23.1 Å². The Balaban J connectivity index is 2.75. The Morgan fingerprint density at radius 1 is 1.31 bits per heavy atom. The van der Waals surface area contributed by atoms with Crippen molar-refractivity contribution in [3.8, 4) is 0 Å². The Morgan fingerprint density at radius 3 is 2.77 bits per heavy atom. The first-order valence-corrected chi connectivity index (χ1v) is 6.03. The number of aromatic nitrogens is 2. The first-order chi connectivity index (χ1) is 6.20. The number of hydrogen-bond acceptors (Lipinski definition) is 4. The number of aryl methyl sites for hydroxylation is 2. The summed E-state index contributed by atoms with van der Waals surface area (Å²) in [5, 5.41) is 2.06. The van der Waals surface area contributed by atoms with E-state index in [0.717, 1.165) is 15.7 Å². The highest BCUT2D eigenvalue weighted by molar-refractivity contribution is 7.98. The number of thioether (sulfide) groups is 1. The highest BCUT2D eigenvalue weighted by Gasteiger charge is 2.06. The van der Waals surface area contributed by atoms with Crippen molar-refractivity contribution in [2.75, 3.05) is 6.26 Å². The SMILES string of the molecule is CSc1nc(C)c2cc(C)sc2n1. The maximum Gasteiger partial charge on any atom is 0.188 e. The molecule has 2 aromatic heterocycles. The molecule has 0 atom stereocenters. The Morgan fingerprint density at radius 2 is 2.08 bits per heavy atom. The second-order valence-electron chi connectivity index (χ2n) is 2.87. The summed E-state index contributed by atoms with van der Waals surface area (Å²) in [5.74, 6) is 0. The van der Waals surface area contributed by atoms with Gasteiger partial charge in [0.15, 0.2) is 5.16 Å². The molecule has 0 unspecified atom stereocenters. The van der Waals surface area contributed by atoms with Crippen LogP contribution in [0.15, 0.2) is 11.2 Å². The number of thiophene rings is 1. The van der Waals surface area contributed by atoms with Crippen LogP contribution in [-0.2, 0) is 0 Å². The molecular weight excluding hydrogens is 200 g/mol. The van der Waals surface area contributed by atoms with E-state index in [1.165, 1.54) is 10.3 Å². The van der Waals surface area contributed by atoms with Crippen LogP contribution in [-0.4, -0.2) is 16.2 Å². The molecule has 2 rings (SSSR count). The van der Waals surface area contributed by atoms with Gasteiger partial charge in [-0.15, -0.1) is 11.3 Å². The van der Waals surface area contributed by atoms with Crippen molar-refractivity contribution in [2.24, 2.45) is 0 Å². The molecule has 2 nitrogen and oxygen atoms in total. The molecule has 68 valence electrons. The minimum absolute atomic E-state index is 0.867. The molecule has 0 amide bonds. The molecule has 0 saturated carbocycles. The van der Waals surface area contributed by atoms with Crippen LogP contribution in [0.4, 0.5) is 0 Å². The van der Waals surface area contributed by atoms with E-state index >= 15 is 0 Å². The molecule has 0 saturated heterocycles. The van der Waals surface area contributed by atoms with Crippen LogP contribution in [0.5, 0.6) is 0 Å². The van der Waals surface area contributed by atoms with Crippen LogP contribution in [0.3, 0.4) is 0 Å². The third-order valence-electron chi connectivity index (χ3n) is 1.87. The topological polar surface area (TPSA) is 25.8 Å². The zero-order valence-corrected chi connectivity index (χ0v) is 9.42. The molecule has 0 aliphatic carbocycles. The molecule has 2 heterocycles. The first kappa shape index (κ1) is 8.97. The fourth-order valence-corrected chi connectivity index (χ4v) is 2.65. The zero-order chi connectivity index (χ0) is 9.42. The summed E-state index contributed by atoms with van der Waals surface area (Å²) in [6, 6.07) is 2.15. The Labute approximate surface area is 85.4 Å². The van der Waals surface area contributed by atoms with Gasteiger partial charge in [0.1, 0.15) is 4.83 Å². The summed E-state index contributed by atoms with van der Waals surface area (Å²) in [4.78, 5) is 11.2. The normalized spacial score (nSPS) is 11.0. The van der Waals surface area contributed by atoms with Crippen LogP contribution in [0.25, 0.3) is 10.2 Å². The van der Waals surface area contributed by atoms with Crippen molar-refractivity contribution >= 4 is 33.3 Å². The first-order valence-electron chi connectivity index (χ1n) is 3.99. The van der Waals surface area contributed by atoms with Crippen LogP contribution in [0.1, 0.15) is 10.6 Å². The molecule has 0 N–H and O–H groups in total. The standard InChI is InChI=1S/C9H10N2S2/c1-5-4-7-6(2)10-9(12-3)11-8(7)13-5/h4H,1-3H3. The Bertz CT molecular complexity index is 448. The second-order valence-corrected chi connectivity index (χ2v) is 4.88. The fraction of sp³-hybridized carbons (Fsp3) is 0.333. The maximum atomic E-state index is 4.45. The average molecular weight is 210 g/mol. The quantitative estimate of drug-likeness (QED) is 0.534. The van der Waals surface area contributed by atoms with Gasteiger partial charge in [-0.2, -0.15) is 0 Å². The Hall–Kier alpha value is -0.610. The van der Waals surface area contributed by atoms with E-state index in [9.17, 15) is 0 Å². The monoisotopic (exact) mass is 210 g/mol. The number of fused-ring (bicyclic) bond motifs is 1. The van der Waals surface area contributed by atoms with E-state index < -0.39 is 0 Å². The van der Waals surface area contributed by atoms with Gasteiger partial charge in [0.2, 0.25) is 0 Å². The summed E-state index contributed by atoms with van der Waals surface area (Å²) in [6.07, 6.45) is 2.00. The Kier molecular flexibility index (Phi) is 2.26. The highest BCUT2D eigenvalue weighted by Crippen LogP contribution is 2.26. The van der Waals surface area contributed by atoms with Gasteiger partial charge in [-0.1, -0.05) is 11.8 Å². The third-order valence-corrected chi connectivity index (χ3v) is 3.36. The molecule has 4 heteroatoms. The van der Waals surface area contributed by atoms with E-state index in [-0.39, 0.29) is 0 Å². The van der Waals surface area contributed by atoms with Crippen LogP contribution in [0.2, 0.25) is 0 Å². The third kappa shape index (κ3) is 1.56. The van der Waals surface area contributed by atoms with Crippen LogP contribution in [0, 0.1) is 13.8 Å². The lowest BCUT2D eigenvalue weighted by atomic mass is 10.3. The van der Waals surface area contributed by atoms with Crippen molar-refractivity contribution < 1.29 is 0 Å². The molecule has 0 radical (unpaired) electrons. The lowest BCUT2D eigenvalue weighted by Crippen LogP contribution is -1.88. The largest absolute Gasteiger partial charge is 0.227 e.